The first-order valence-corrected chi connectivity index (χ1v) is 14.1. The molecule has 3 rings (SSSR count). The number of nitrogens with one attached hydrogen (secondary N) is 1. The highest BCUT2D eigenvalue weighted by atomic mass is 32.2. The van der Waals surface area contributed by atoms with Crippen molar-refractivity contribution < 1.29 is 64.0 Å². The molecule has 2 heterocycles. The van der Waals surface area contributed by atoms with Crippen molar-refractivity contribution in [3.8, 4) is 5.75 Å². The van der Waals surface area contributed by atoms with E-state index < -0.39 is 59.9 Å². The zero-order chi connectivity index (χ0) is 31.6. The van der Waals surface area contributed by atoms with E-state index in [1.54, 1.807) is 19.1 Å². The van der Waals surface area contributed by atoms with Crippen LogP contribution in [0, 0.1) is 0 Å². The van der Waals surface area contributed by atoms with E-state index in [-0.39, 0.29) is 35.6 Å². The summed E-state index contributed by atoms with van der Waals surface area (Å²) in [6, 6.07) is 4.91. The van der Waals surface area contributed by atoms with Gasteiger partial charge in [0.25, 0.3) is 0 Å². The van der Waals surface area contributed by atoms with Gasteiger partial charge in [-0.2, -0.15) is 0 Å². The average Bonchev–Trinajstić information content (AvgIpc) is 3.39. The monoisotopic (exact) mass is 618 g/mol. The maximum Gasteiger partial charge on any atom is 0.414 e. The number of methoxy groups -OCH3 is 1. The zero-order valence-electron chi connectivity index (χ0n) is 23.4. The molecule has 0 saturated carbocycles. The Balaban J connectivity index is 0.000000928. The van der Waals surface area contributed by atoms with Gasteiger partial charge in [0.05, 0.1) is 18.2 Å². The number of thioether (sulfide) groups is 1. The van der Waals surface area contributed by atoms with Crippen LogP contribution in [0.3, 0.4) is 0 Å². The summed E-state index contributed by atoms with van der Waals surface area (Å²) in [6.07, 6.45) is -4.42. The minimum absolute atomic E-state index is 0.0371. The van der Waals surface area contributed by atoms with Gasteiger partial charge in [0.2, 0.25) is 5.91 Å². The summed E-state index contributed by atoms with van der Waals surface area (Å²) in [5.74, 6) is -4.54. The molecular weight excluding hydrogens is 580 g/mol. The number of hydrogen-bond acceptors (Lipinski definition) is 13. The van der Waals surface area contributed by atoms with Crippen LogP contribution < -0.4 is 5.32 Å². The Hall–Kier alpha value is -2.99. The second kappa shape index (κ2) is 16.6. The topological polar surface area (TPSA) is 233 Å². The number of para-hydroxylation sites is 1. The van der Waals surface area contributed by atoms with Crippen LogP contribution in [0.4, 0.5) is 0 Å². The van der Waals surface area contributed by atoms with Gasteiger partial charge in [-0.25, -0.2) is 14.4 Å². The van der Waals surface area contributed by atoms with Gasteiger partial charge in [-0.1, -0.05) is 12.1 Å². The minimum Gasteiger partial charge on any atom is -0.507 e. The van der Waals surface area contributed by atoms with Crippen molar-refractivity contribution in [3.05, 3.63) is 29.8 Å². The van der Waals surface area contributed by atoms with Crippen molar-refractivity contribution >= 4 is 35.6 Å². The fourth-order valence-electron chi connectivity index (χ4n) is 4.45. The highest BCUT2D eigenvalue weighted by Gasteiger charge is 2.49. The SMILES string of the molecule is CO[C@H](C)[C@@H](NC(=O)[C@@H]1CCCN1C)[C@H]1O[C@H](SCCOC(=O)c2ccccc2O)[C@H](O)[C@@H](O)[C@H]1O.O=C(O)C(=O)O. The molecule has 0 aliphatic carbocycles. The molecule has 236 valence electrons. The number of amides is 1. The number of carbonyl (C=O) groups is 4. The molecule has 0 radical (unpaired) electrons. The molecule has 0 aromatic heterocycles. The Morgan fingerprint density at radius 2 is 1.74 bits per heavy atom. The first-order valence-electron chi connectivity index (χ1n) is 13.1. The Morgan fingerprint density at radius 1 is 1.10 bits per heavy atom. The summed E-state index contributed by atoms with van der Waals surface area (Å²) in [7, 11) is 3.34. The van der Waals surface area contributed by atoms with Crippen LogP contribution in [0.2, 0.25) is 0 Å². The molecular formula is C26H38N2O13S. The van der Waals surface area contributed by atoms with Crippen LogP contribution in [0.25, 0.3) is 0 Å². The number of rotatable bonds is 10. The lowest BCUT2D eigenvalue weighted by Crippen LogP contribution is -2.66. The van der Waals surface area contributed by atoms with Crippen molar-refractivity contribution in [1.29, 1.82) is 0 Å². The Bertz CT molecular complexity index is 1060. The van der Waals surface area contributed by atoms with Crippen molar-refractivity contribution in [1.82, 2.24) is 10.2 Å². The Kier molecular flexibility index (Phi) is 13.9. The van der Waals surface area contributed by atoms with Crippen molar-refractivity contribution in [2.45, 2.75) is 67.8 Å². The lowest BCUT2D eigenvalue weighted by Gasteiger charge is -2.44. The molecule has 1 aromatic carbocycles. The third-order valence-electron chi connectivity index (χ3n) is 6.88. The predicted octanol–water partition coefficient (Wildman–Crippen LogP) is -1.14. The normalized spacial score (nSPS) is 27.2. The first kappa shape index (κ1) is 35.2. The number of likely N-dealkylation sites (N-methyl/N-ethyl adjacent to an activating group) is 1. The van der Waals surface area contributed by atoms with Gasteiger partial charge < -0.3 is 50.2 Å². The molecule has 16 heteroatoms. The molecule has 7 N–H and O–H groups in total. The fraction of sp³-hybridized carbons (Fsp3) is 0.615. The molecule has 0 bridgehead atoms. The summed E-state index contributed by atoms with van der Waals surface area (Å²) in [5.41, 5.74) is -0.926. The smallest absolute Gasteiger partial charge is 0.414 e. The van der Waals surface area contributed by atoms with Crippen molar-refractivity contribution in [2.24, 2.45) is 0 Å². The number of aliphatic hydroxyl groups is 3. The van der Waals surface area contributed by atoms with Gasteiger partial charge in [0, 0.05) is 12.9 Å². The van der Waals surface area contributed by atoms with Gasteiger partial charge in [-0.15, -0.1) is 11.8 Å². The summed E-state index contributed by atoms with van der Waals surface area (Å²) in [4.78, 5) is 45.3. The van der Waals surface area contributed by atoms with Gasteiger partial charge in [-0.3, -0.25) is 9.69 Å². The number of benzene rings is 1. The van der Waals surface area contributed by atoms with E-state index in [0.29, 0.717) is 6.42 Å². The van der Waals surface area contributed by atoms with Gasteiger partial charge in [0.1, 0.15) is 47.8 Å². The van der Waals surface area contributed by atoms with Gasteiger partial charge in [-0.05, 0) is 45.5 Å². The van der Waals surface area contributed by atoms with Gasteiger partial charge >= 0.3 is 17.9 Å². The number of hydrogen-bond donors (Lipinski definition) is 7. The van der Waals surface area contributed by atoms with Crippen LogP contribution in [0.5, 0.6) is 5.75 Å². The number of carboxylic acids is 2. The highest BCUT2D eigenvalue weighted by Crippen LogP contribution is 2.31. The van der Waals surface area contributed by atoms with E-state index in [1.165, 1.54) is 19.2 Å². The number of phenols is 1. The highest BCUT2D eigenvalue weighted by molar-refractivity contribution is 7.99. The van der Waals surface area contributed by atoms with E-state index in [4.69, 9.17) is 34.0 Å². The van der Waals surface area contributed by atoms with Crippen molar-refractivity contribution in [3.63, 3.8) is 0 Å². The molecule has 0 spiro atoms. The quantitative estimate of drug-likeness (QED) is 0.0933. The van der Waals surface area contributed by atoms with Gasteiger partial charge in [0.15, 0.2) is 0 Å². The van der Waals surface area contributed by atoms with Crippen LogP contribution >= 0.6 is 11.8 Å². The standard InChI is InChI=1S/C24H36N2O9S.C2H2O4/c1-13(33-3)17(25-22(31)15-8-6-10-26(15)2)21-19(29)18(28)20(30)24(35-21)36-12-11-34-23(32)14-7-4-5-9-16(14)27;3-1(4)2(5)6/h4-5,7,9,13,15,17-21,24,27-30H,6,8,10-12H2,1-3H3,(H,25,31);(H,3,4)(H,5,6)/t13-,15+,17-,18+,19-,20-,21-,24-;/m1./s1. The number of carbonyl (C=O) groups excluding carboxylic acids is 2. The predicted molar refractivity (Wildman–Crippen MR) is 147 cm³/mol. The van der Waals surface area contributed by atoms with Crippen LogP contribution in [-0.2, 0) is 28.6 Å². The Morgan fingerprint density at radius 3 is 2.29 bits per heavy atom. The number of likely N-dealkylation sites (tertiary alicyclic amines) is 1. The third-order valence-corrected chi connectivity index (χ3v) is 8.00. The minimum atomic E-state index is -1.82. The fourth-order valence-corrected chi connectivity index (χ4v) is 5.42. The van der Waals surface area contributed by atoms with Crippen LogP contribution in [0.1, 0.15) is 30.1 Å². The maximum atomic E-state index is 13.0. The van der Waals surface area contributed by atoms with E-state index in [1.807, 2.05) is 11.9 Å². The van der Waals surface area contributed by atoms with Crippen LogP contribution in [-0.4, -0.2) is 140 Å². The number of ether oxygens (including phenoxy) is 3. The number of phenolic OH excluding ortho intramolecular Hbond substituents is 1. The number of aliphatic hydroxyl groups excluding tert-OH is 3. The molecule has 2 aliphatic rings. The van der Waals surface area contributed by atoms with E-state index in [0.717, 1.165) is 24.7 Å². The Labute approximate surface area is 246 Å². The van der Waals surface area contributed by atoms with Crippen molar-refractivity contribution in [2.75, 3.05) is 33.1 Å². The van der Waals surface area contributed by atoms with E-state index >= 15 is 0 Å². The summed E-state index contributed by atoms with van der Waals surface area (Å²) in [5, 5.41) is 59.2. The number of aromatic hydroxyl groups is 1. The number of carboxylic acid groups (broad SMARTS) is 2. The first-order chi connectivity index (χ1) is 19.8. The summed E-state index contributed by atoms with van der Waals surface area (Å²) < 4.78 is 16.6. The van der Waals surface area contributed by atoms with E-state index in [2.05, 4.69) is 5.32 Å². The number of esters is 1. The molecule has 15 nitrogen and oxygen atoms in total. The third kappa shape index (κ3) is 9.52. The lowest BCUT2D eigenvalue weighted by atomic mass is 9.92. The average molecular weight is 619 g/mol. The molecule has 1 aromatic rings. The lowest BCUT2D eigenvalue weighted by molar-refractivity contribution is -0.212. The molecule has 2 saturated heterocycles. The molecule has 0 unspecified atom stereocenters. The number of aliphatic carboxylic acids is 2. The zero-order valence-corrected chi connectivity index (χ0v) is 24.2. The molecule has 42 heavy (non-hydrogen) atoms. The molecule has 8 atom stereocenters. The molecule has 2 fully saturated rings. The summed E-state index contributed by atoms with van der Waals surface area (Å²) >= 11 is 1.09. The maximum absolute atomic E-state index is 13.0. The second-order valence-corrected chi connectivity index (χ2v) is 10.9. The van der Waals surface area contributed by atoms with E-state index in [9.17, 15) is 30.0 Å². The number of nitrogens with zero attached hydrogens (tertiary/aromatic N) is 1. The largest absolute Gasteiger partial charge is 0.507 e. The van der Waals surface area contributed by atoms with Crippen LogP contribution in [0.15, 0.2) is 24.3 Å². The second-order valence-electron chi connectivity index (χ2n) is 9.69. The molecule has 1 amide bonds. The summed E-state index contributed by atoms with van der Waals surface area (Å²) in [6.45, 7) is 2.48. The molecule has 2 aliphatic heterocycles.